The topological polar surface area (TPSA) is 90.4 Å². The van der Waals surface area contributed by atoms with E-state index in [9.17, 15) is 9.18 Å². The first-order valence-electron chi connectivity index (χ1n) is 7.79. The number of aromatic nitrogens is 2. The number of halogens is 1. The number of likely N-dealkylation sites (tertiary alicyclic amines) is 1. The van der Waals surface area contributed by atoms with Crippen molar-refractivity contribution in [3.8, 4) is 0 Å². The molecule has 7 nitrogen and oxygen atoms in total. The zero-order valence-electron chi connectivity index (χ0n) is 13.4. The molecule has 0 radical (unpaired) electrons. The fourth-order valence-corrected chi connectivity index (χ4v) is 3.33. The van der Waals surface area contributed by atoms with E-state index in [0.29, 0.717) is 5.56 Å². The summed E-state index contributed by atoms with van der Waals surface area (Å²) in [4.78, 5) is 21.6. The quantitative estimate of drug-likeness (QED) is 0.412. The Morgan fingerprint density at radius 1 is 1.52 bits per heavy atom. The number of hydrogen-bond acceptors (Lipinski definition) is 7. The van der Waals surface area contributed by atoms with Crippen LogP contribution in [0.1, 0.15) is 17.0 Å². The maximum Gasteiger partial charge on any atom is 0.267 e. The van der Waals surface area contributed by atoms with E-state index in [1.54, 1.807) is 17.5 Å². The fourth-order valence-electron chi connectivity index (χ4n) is 2.67. The summed E-state index contributed by atoms with van der Waals surface area (Å²) in [6, 6.07) is 1.42. The Labute approximate surface area is 148 Å². The summed E-state index contributed by atoms with van der Waals surface area (Å²) in [5.74, 6) is -0.969. The molecular formula is C16H18FN5O2S. The maximum absolute atomic E-state index is 14.2. The third-order valence-electron chi connectivity index (χ3n) is 3.86. The molecule has 1 atom stereocenters. The molecule has 25 heavy (non-hydrogen) atoms. The van der Waals surface area contributed by atoms with Crippen LogP contribution in [-0.2, 0) is 11.3 Å². The monoisotopic (exact) mass is 363 g/mol. The van der Waals surface area contributed by atoms with E-state index in [1.165, 1.54) is 23.8 Å². The lowest BCUT2D eigenvalue weighted by molar-refractivity contribution is -0.124. The minimum Gasteiger partial charge on any atom is -0.364 e. The van der Waals surface area contributed by atoms with Crippen LogP contribution in [0.5, 0.6) is 0 Å². The van der Waals surface area contributed by atoms with Gasteiger partial charge in [-0.3, -0.25) is 14.9 Å². The number of hydrogen-bond donors (Lipinski definition) is 3. The third kappa shape index (κ3) is 4.81. The van der Waals surface area contributed by atoms with Gasteiger partial charge in [0.25, 0.3) is 5.91 Å². The molecule has 0 aliphatic carbocycles. The second-order valence-corrected chi connectivity index (χ2v) is 6.68. The molecule has 1 amide bonds. The molecule has 1 aliphatic heterocycles. The fraction of sp³-hybridized carbons (Fsp3) is 0.312. The SMILES string of the molecule is O=C(/C=C/c1cnc(N[C@@H]2CCN(Cc3nccs3)C2)c(F)c1)NO. The highest BCUT2D eigenvalue weighted by Crippen LogP contribution is 2.20. The lowest BCUT2D eigenvalue weighted by atomic mass is 10.2. The largest absolute Gasteiger partial charge is 0.364 e. The molecule has 0 spiro atoms. The van der Waals surface area contributed by atoms with E-state index in [1.807, 2.05) is 5.38 Å². The summed E-state index contributed by atoms with van der Waals surface area (Å²) in [7, 11) is 0. The molecule has 9 heteroatoms. The Balaban J connectivity index is 1.56. The number of carbonyl (C=O) groups is 1. The van der Waals surface area contributed by atoms with Gasteiger partial charge in [-0.25, -0.2) is 19.8 Å². The summed E-state index contributed by atoms with van der Waals surface area (Å²) in [6.07, 6.45) is 6.64. The van der Waals surface area contributed by atoms with Gasteiger partial charge in [0.15, 0.2) is 11.6 Å². The molecule has 0 unspecified atom stereocenters. The van der Waals surface area contributed by atoms with Gasteiger partial charge in [-0.2, -0.15) is 0 Å². The van der Waals surface area contributed by atoms with Crippen LogP contribution < -0.4 is 10.8 Å². The highest BCUT2D eigenvalue weighted by Gasteiger charge is 2.24. The number of rotatable bonds is 6. The number of thiazole rings is 1. The average Bonchev–Trinajstić information content (AvgIpc) is 3.27. The molecule has 1 aliphatic rings. The molecule has 1 fully saturated rings. The molecule has 0 saturated carbocycles. The second kappa shape index (κ2) is 8.15. The molecule has 1 saturated heterocycles. The van der Waals surface area contributed by atoms with Crippen LogP contribution in [-0.4, -0.2) is 45.1 Å². The minimum absolute atomic E-state index is 0.128. The van der Waals surface area contributed by atoms with Crippen LogP contribution in [0.25, 0.3) is 6.08 Å². The summed E-state index contributed by atoms with van der Waals surface area (Å²) >= 11 is 1.63. The molecule has 3 heterocycles. The van der Waals surface area contributed by atoms with Crippen molar-refractivity contribution >= 4 is 29.1 Å². The number of nitrogens with zero attached hydrogens (tertiary/aromatic N) is 3. The van der Waals surface area contributed by atoms with Gasteiger partial charge < -0.3 is 5.32 Å². The number of amides is 1. The molecule has 0 bridgehead atoms. The Kier molecular flexibility index (Phi) is 5.69. The van der Waals surface area contributed by atoms with Gasteiger partial charge >= 0.3 is 0 Å². The first-order valence-corrected chi connectivity index (χ1v) is 8.67. The van der Waals surface area contributed by atoms with Crippen LogP contribution in [0.4, 0.5) is 10.2 Å². The summed E-state index contributed by atoms with van der Waals surface area (Å²) < 4.78 is 14.2. The lowest BCUT2D eigenvalue weighted by Gasteiger charge is -2.16. The van der Waals surface area contributed by atoms with Crippen LogP contribution in [0.2, 0.25) is 0 Å². The van der Waals surface area contributed by atoms with Crippen molar-refractivity contribution in [1.82, 2.24) is 20.3 Å². The van der Waals surface area contributed by atoms with Crippen molar-refractivity contribution in [2.75, 3.05) is 18.4 Å². The third-order valence-corrected chi connectivity index (χ3v) is 4.62. The van der Waals surface area contributed by atoms with Gasteiger partial charge in [-0.05, 0) is 24.1 Å². The minimum atomic E-state index is -0.686. The normalized spacial score (nSPS) is 17.9. The van der Waals surface area contributed by atoms with Crippen molar-refractivity contribution in [3.05, 3.63) is 46.3 Å². The average molecular weight is 363 g/mol. The smallest absolute Gasteiger partial charge is 0.267 e. The van der Waals surface area contributed by atoms with Crippen molar-refractivity contribution in [2.45, 2.75) is 19.0 Å². The van der Waals surface area contributed by atoms with E-state index in [4.69, 9.17) is 5.21 Å². The maximum atomic E-state index is 14.2. The van der Waals surface area contributed by atoms with Gasteiger partial charge in [-0.1, -0.05) is 0 Å². The number of pyridine rings is 1. The van der Waals surface area contributed by atoms with Gasteiger partial charge in [-0.15, -0.1) is 11.3 Å². The number of carbonyl (C=O) groups excluding carboxylic acids is 1. The van der Waals surface area contributed by atoms with Crippen LogP contribution in [0.3, 0.4) is 0 Å². The Hall–Kier alpha value is -2.36. The van der Waals surface area contributed by atoms with Crippen LogP contribution in [0.15, 0.2) is 29.9 Å². The Morgan fingerprint density at radius 3 is 3.12 bits per heavy atom. The zero-order valence-corrected chi connectivity index (χ0v) is 14.2. The molecule has 3 rings (SSSR count). The van der Waals surface area contributed by atoms with Crippen molar-refractivity contribution in [3.63, 3.8) is 0 Å². The van der Waals surface area contributed by atoms with E-state index in [0.717, 1.165) is 37.1 Å². The highest BCUT2D eigenvalue weighted by atomic mass is 32.1. The van der Waals surface area contributed by atoms with Crippen molar-refractivity contribution < 1.29 is 14.4 Å². The number of anilines is 1. The first-order chi connectivity index (χ1) is 12.1. The van der Waals surface area contributed by atoms with Crippen molar-refractivity contribution in [1.29, 1.82) is 0 Å². The molecular weight excluding hydrogens is 345 g/mol. The van der Waals surface area contributed by atoms with Crippen molar-refractivity contribution in [2.24, 2.45) is 0 Å². The molecule has 3 N–H and O–H groups in total. The molecule has 0 aromatic carbocycles. The standard InChI is InChI=1S/C16H18FN5O2S/c17-13-7-11(1-2-14(23)21-24)8-19-16(13)20-12-3-5-22(9-12)10-15-18-4-6-25-15/h1-2,4,6-8,12,24H,3,5,9-10H2,(H,19,20)(H,21,23)/b2-1+/t12-/m1/s1. The first kappa shape index (κ1) is 17.5. The number of nitrogens with one attached hydrogen (secondary N) is 2. The molecule has 2 aromatic heterocycles. The Bertz CT molecular complexity index is 753. The van der Waals surface area contributed by atoms with Crippen LogP contribution >= 0.6 is 11.3 Å². The summed E-state index contributed by atoms with van der Waals surface area (Å²) in [5, 5.41) is 14.6. The predicted octanol–water partition coefficient (Wildman–Crippen LogP) is 1.88. The zero-order chi connectivity index (χ0) is 17.6. The predicted molar refractivity (Wildman–Crippen MR) is 92.6 cm³/mol. The summed E-state index contributed by atoms with van der Waals surface area (Å²) in [6.45, 7) is 2.54. The second-order valence-electron chi connectivity index (χ2n) is 5.70. The number of hydroxylamine groups is 1. The highest BCUT2D eigenvalue weighted by molar-refractivity contribution is 7.09. The lowest BCUT2D eigenvalue weighted by Crippen LogP contribution is -2.26. The van der Waals surface area contributed by atoms with Gasteiger partial charge in [0, 0.05) is 43.0 Å². The van der Waals surface area contributed by atoms with Gasteiger partial charge in [0.1, 0.15) is 5.01 Å². The molecule has 132 valence electrons. The van der Waals surface area contributed by atoms with E-state index < -0.39 is 11.7 Å². The Morgan fingerprint density at radius 2 is 2.40 bits per heavy atom. The van der Waals surface area contributed by atoms with Gasteiger partial charge in [0.2, 0.25) is 0 Å². The van der Waals surface area contributed by atoms with E-state index >= 15 is 0 Å². The van der Waals surface area contributed by atoms with E-state index in [2.05, 4.69) is 20.2 Å². The van der Waals surface area contributed by atoms with Crippen LogP contribution in [0, 0.1) is 5.82 Å². The van der Waals surface area contributed by atoms with E-state index in [-0.39, 0.29) is 11.9 Å². The van der Waals surface area contributed by atoms with Gasteiger partial charge in [0.05, 0.1) is 6.54 Å². The molecule has 2 aromatic rings. The summed E-state index contributed by atoms with van der Waals surface area (Å²) in [5.41, 5.74) is 1.90.